The zero-order valence-corrected chi connectivity index (χ0v) is 14.7. The van der Waals surface area contributed by atoms with E-state index in [1.54, 1.807) is 5.41 Å². The molecule has 0 aromatic heterocycles. The summed E-state index contributed by atoms with van der Waals surface area (Å²) in [6.45, 7) is 2.91. The molecule has 4 heteroatoms. The molecule has 0 atom stereocenters. The van der Waals surface area contributed by atoms with Gasteiger partial charge in [-0.2, -0.15) is 0 Å². The molecule has 0 unspecified atom stereocenters. The van der Waals surface area contributed by atoms with E-state index >= 15 is 0 Å². The topological polar surface area (TPSA) is 46.2 Å². The predicted molar refractivity (Wildman–Crippen MR) is 98.3 cm³/mol. The minimum Gasteiger partial charge on any atom is -0.353 e. The summed E-state index contributed by atoms with van der Waals surface area (Å²) in [5.41, 5.74) is 0.992. The maximum atomic E-state index is 11.8. The molecule has 0 aliphatic heterocycles. The summed E-state index contributed by atoms with van der Waals surface area (Å²) in [7, 11) is 0. The molecule has 0 aliphatic rings. The normalized spacial score (nSPS) is 10.8. The molecule has 0 bridgehead atoms. The lowest BCUT2D eigenvalue weighted by Gasteiger charge is -2.02. The van der Waals surface area contributed by atoms with Crippen molar-refractivity contribution in [1.82, 2.24) is 5.32 Å². The van der Waals surface area contributed by atoms with Crippen molar-refractivity contribution in [3.63, 3.8) is 0 Å². The van der Waals surface area contributed by atoms with Crippen molar-refractivity contribution in [1.29, 1.82) is 0 Å². The first kappa shape index (κ1) is 19.5. The predicted octanol–water partition coefficient (Wildman–Crippen LogP) is 4.48. The molecule has 3 nitrogen and oxygen atoms in total. The molecule has 1 amide bonds. The molecule has 1 aromatic rings. The van der Waals surface area contributed by atoms with Crippen LogP contribution in [-0.4, -0.2) is 17.6 Å². The Hall–Kier alpha value is -1.55. The summed E-state index contributed by atoms with van der Waals surface area (Å²) in [5.74, 6) is -0.126. The van der Waals surface area contributed by atoms with Crippen LogP contribution in [0.3, 0.4) is 0 Å². The van der Waals surface area contributed by atoms with Crippen molar-refractivity contribution in [2.75, 3.05) is 6.54 Å². The second kappa shape index (κ2) is 12.9. The van der Waals surface area contributed by atoms with Crippen molar-refractivity contribution in [2.45, 2.75) is 51.9 Å². The van der Waals surface area contributed by atoms with Gasteiger partial charge in [-0.05, 0) is 17.4 Å². The smallest absolute Gasteiger partial charge is 0.244 e. The third-order valence-corrected chi connectivity index (χ3v) is 4.12. The summed E-state index contributed by atoms with van der Waals surface area (Å²) >= 11 is 1.07. The van der Waals surface area contributed by atoms with Gasteiger partial charge in [0.2, 0.25) is 5.91 Å². The number of hydrogen-bond donors (Lipinski definition) is 1. The van der Waals surface area contributed by atoms with Crippen LogP contribution in [0.5, 0.6) is 0 Å². The van der Waals surface area contributed by atoms with Crippen LogP contribution in [0.15, 0.2) is 41.8 Å². The minimum atomic E-state index is -0.126. The Morgan fingerprint density at radius 1 is 1.04 bits per heavy atom. The number of hydrogen-bond acceptors (Lipinski definition) is 3. The third kappa shape index (κ3) is 10.7. The number of rotatable bonds is 11. The van der Waals surface area contributed by atoms with Crippen molar-refractivity contribution in [3.8, 4) is 0 Å². The molecule has 1 N–H and O–H groups in total. The summed E-state index contributed by atoms with van der Waals surface area (Å²) < 4.78 is 0. The van der Waals surface area contributed by atoms with Gasteiger partial charge in [0.05, 0.1) is 0 Å². The highest BCUT2D eigenvalue weighted by Gasteiger charge is 2.02. The Morgan fingerprint density at radius 3 is 2.48 bits per heavy atom. The van der Waals surface area contributed by atoms with Gasteiger partial charge in [0.25, 0.3) is 0 Å². The first-order chi connectivity index (χ1) is 11.2. The van der Waals surface area contributed by atoms with Crippen LogP contribution in [0.1, 0.15) is 51.0 Å². The highest BCUT2D eigenvalue weighted by Crippen LogP contribution is 2.10. The lowest BCUT2D eigenvalue weighted by molar-refractivity contribution is -0.116. The number of carbonyl (C=O) groups excluding carboxylic acids is 2. The van der Waals surface area contributed by atoms with Crippen molar-refractivity contribution in [2.24, 2.45) is 0 Å². The second-order valence-electron chi connectivity index (χ2n) is 5.51. The Kier molecular flexibility index (Phi) is 11.0. The Labute approximate surface area is 143 Å². The quantitative estimate of drug-likeness (QED) is 0.480. The monoisotopic (exact) mass is 333 g/mol. The van der Waals surface area contributed by atoms with Gasteiger partial charge in [-0.3, -0.25) is 9.59 Å². The lowest BCUT2D eigenvalue weighted by atomic mass is 10.1. The van der Waals surface area contributed by atoms with Crippen LogP contribution in [0.4, 0.5) is 0 Å². The molecule has 0 fully saturated rings. The van der Waals surface area contributed by atoms with Gasteiger partial charge in [0.1, 0.15) is 0 Å². The van der Waals surface area contributed by atoms with Crippen LogP contribution in [-0.2, 0) is 16.0 Å². The average Bonchev–Trinajstić information content (AvgIpc) is 2.55. The van der Waals surface area contributed by atoms with Crippen LogP contribution >= 0.6 is 11.8 Å². The SMILES string of the molecule is CCCCCCCCNC(=O)C=CSC(=O)Cc1ccccc1. The number of amides is 1. The van der Waals surface area contributed by atoms with Gasteiger partial charge in [-0.15, -0.1) is 0 Å². The fraction of sp³-hybridized carbons (Fsp3) is 0.474. The first-order valence-corrected chi connectivity index (χ1v) is 9.28. The molecule has 126 valence electrons. The van der Waals surface area contributed by atoms with Gasteiger partial charge in [0.15, 0.2) is 5.12 Å². The number of benzene rings is 1. The molecule has 0 saturated heterocycles. The standard InChI is InChI=1S/C19H27NO2S/c1-2-3-4-5-6-10-14-20-18(21)13-15-23-19(22)16-17-11-8-7-9-12-17/h7-9,11-13,15H,2-6,10,14,16H2,1H3,(H,20,21). The van der Waals surface area contributed by atoms with E-state index in [2.05, 4.69) is 12.2 Å². The second-order valence-corrected chi connectivity index (χ2v) is 6.48. The van der Waals surface area contributed by atoms with E-state index in [-0.39, 0.29) is 11.0 Å². The van der Waals surface area contributed by atoms with E-state index in [1.807, 2.05) is 30.3 Å². The zero-order valence-electron chi connectivity index (χ0n) is 13.9. The number of thioether (sulfide) groups is 1. The highest BCUT2D eigenvalue weighted by molar-refractivity contribution is 8.16. The molecule has 1 aromatic carbocycles. The summed E-state index contributed by atoms with van der Waals surface area (Å²) in [6.07, 6.45) is 9.07. The lowest BCUT2D eigenvalue weighted by Crippen LogP contribution is -2.21. The maximum absolute atomic E-state index is 11.8. The van der Waals surface area contributed by atoms with Crippen molar-refractivity contribution >= 4 is 22.8 Å². The van der Waals surface area contributed by atoms with Crippen molar-refractivity contribution < 1.29 is 9.59 Å². The van der Waals surface area contributed by atoms with E-state index in [0.29, 0.717) is 13.0 Å². The van der Waals surface area contributed by atoms with Gasteiger partial charge in [-0.25, -0.2) is 0 Å². The van der Waals surface area contributed by atoms with Crippen LogP contribution in [0, 0.1) is 0 Å². The van der Waals surface area contributed by atoms with Gasteiger partial charge < -0.3 is 5.32 Å². The molecular weight excluding hydrogens is 306 g/mol. The van der Waals surface area contributed by atoms with E-state index in [1.165, 1.54) is 31.8 Å². The fourth-order valence-corrected chi connectivity index (χ4v) is 2.75. The van der Waals surface area contributed by atoms with Crippen LogP contribution in [0.2, 0.25) is 0 Å². The van der Waals surface area contributed by atoms with Crippen LogP contribution < -0.4 is 5.32 Å². The molecule has 0 aliphatic carbocycles. The number of carbonyl (C=O) groups is 2. The van der Waals surface area contributed by atoms with E-state index < -0.39 is 0 Å². The molecule has 23 heavy (non-hydrogen) atoms. The van der Waals surface area contributed by atoms with Gasteiger partial charge in [-0.1, -0.05) is 81.1 Å². The highest BCUT2D eigenvalue weighted by atomic mass is 32.2. The van der Waals surface area contributed by atoms with Crippen LogP contribution in [0.25, 0.3) is 0 Å². The number of unbranched alkanes of at least 4 members (excludes halogenated alkanes) is 5. The van der Waals surface area contributed by atoms with E-state index in [0.717, 1.165) is 30.2 Å². The number of nitrogens with one attached hydrogen (secondary N) is 1. The largest absolute Gasteiger partial charge is 0.353 e. The molecule has 0 radical (unpaired) electrons. The molecule has 1 rings (SSSR count). The van der Waals surface area contributed by atoms with Gasteiger partial charge in [0, 0.05) is 19.0 Å². The fourth-order valence-electron chi connectivity index (χ4n) is 2.15. The summed E-state index contributed by atoms with van der Waals surface area (Å²) in [5, 5.41) is 4.46. The first-order valence-electron chi connectivity index (χ1n) is 8.40. The van der Waals surface area contributed by atoms with E-state index in [4.69, 9.17) is 0 Å². The average molecular weight is 333 g/mol. The van der Waals surface area contributed by atoms with Crippen molar-refractivity contribution in [3.05, 3.63) is 47.4 Å². The molecule has 0 spiro atoms. The summed E-state index contributed by atoms with van der Waals surface area (Å²) in [6, 6.07) is 9.61. The maximum Gasteiger partial charge on any atom is 0.244 e. The minimum absolute atomic E-state index is 0.0381. The Balaban J connectivity index is 2.07. The molecule has 0 heterocycles. The third-order valence-electron chi connectivity index (χ3n) is 3.44. The Morgan fingerprint density at radius 2 is 1.74 bits per heavy atom. The molecular formula is C19H27NO2S. The molecule has 0 saturated carbocycles. The Bertz CT molecular complexity index is 485. The van der Waals surface area contributed by atoms with E-state index in [9.17, 15) is 9.59 Å². The zero-order chi connectivity index (χ0) is 16.8. The van der Waals surface area contributed by atoms with Gasteiger partial charge >= 0.3 is 0 Å². The summed E-state index contributed by atoms with van der Waals surface area (Å²) in [4.78, 5) is 23.4.